The van der Waals surface area contributed by atoms with Gasteiger partial charge in [0.25, 0.3) is 0 Å². The Hall–Kier alpha value is -1.36. The molecule has 2 nitrogen and oxygen atoms in total. The van der Waals surface area contributed by atoms with Crippen LogP contribution >= 0.6 is 15.9 Å². The Morgan fingerprint density at radius 1 is 1.16 bits per heavy atom. The Bertz CT molecular complexity index is 586. The lowest BCUT2D eigenvalue weighted by atomic mass is 10.1. The number of halogens is 3. The van der Waals surface area contributed by atoms with Crippen molar-refractivity contribution in [3.63, 3.8) is 0 Å². The van der Waals surface area contributed by atoms with E-state index in [0.717, 1.165) is 17.1 Å². The average molecular weight is 330 g/mol. The van der Waals surface area contributed by atoms with Crippen molar-refractivity contribution < 1.29 is 13.2 Å². The molecule has 0 aliphatic rings. The Morgan fingerprint density at radius 2 is 1.74 bits per heavy atom. The highest BCUT2D eigenvalue weighted by Gasteiger charge is 2.17. The Balaban J connectivity index is 2.29. The van der Waals surface area contributed by atoms with Crippen LogP contribution in [0.1, 0.15) is 30.0 Å². The first-order chi connectivity index (χ1) is 8.88. The third-order valence-electron chi connectivity index (χ3n) is 2.91. The quantitative estimate of drug-likeness (QED) is 0.846. The van der Waals surface area contributed by atoms with Gasteiger partial charge in [-0.1, -0.05) is 15.9 Å². The lowest BCUT2D eigenvalue weighted by Gasteiger charge is -2.16. The summed E-state index contributed by atoms with van der Waals surface area (Å²) in [6.45, 7) is 5.50. The van der Waals surface area contributed by atoms with Gasteiger partial charge in [0.15, 0.2) is 0 Å². The molecule has 102 valence electrons. The third kappa shape index (κ3) is 2.97. The SMILES string of the molecule is Cc1cc(C(C)Nc2c(F)cc(Br)cc2F)c(C)o1. The minimum atomic E-state index is -0.628. The highest BCUT2D eigenvalue weighted by Crippen LogP contribution is 2.29. The molecule has 1 heterocycles. The molecule has 1 aromatic carbocycles. The molecule has 1 N–H and O–H groups in total. The molecule has 2 aromatic rings. The predicted molar refractivity (Wildman–Crippen MR) is 74.3 cm³/mol. The maximum absolute atomic E-state index is 13.7. The second kappa shape index (κ2) is 5.33. The second-order valence-electron chi connectivity index (χ2n) is 4.48. The van der Waals surface area contributed by atoms with Gasteiger partial charge >= 0.3 is 0 Å². The van der Waals surface area contributed by atoms with Crippen molar-refractivity contribution in [1.29, 1.82) is 0 Å². The predicted octanol–water partition coefficient (Wildman–Crippen LogP) is 5.11. The van der Waals surface area contributed by atoms with E-state index in [1.54, 1.807) is 0 Å². The molecule has 1 unspecified atom stereocenters. The number of benzene rings is 1. The van der Waals surface area contributed by atoms with E-state index in [-0.39, 0.29) is 11.7 Å². The number of anilines is 1. The van der Waals surface area contributed by atoms with E-state index >= 15 is 0 Å². The van der Waals surface area contributed by atoms with Gasteiger partial charge in [0, 0.05) is 10.0 Å². The summed E-state index contributed by atoms with van der Waals surface area (Å²) >= 11 is 3.05. The Morgan fingerprint density at radius 3 is 2.21 bits per heavy atom. The van der Waals surface area contributed by atoms with Crippen LogP contribution in [0.5, 0.6) is 0 Å². The molecule has 0 bridgehead atoms. The van der Waals surface area contributed by atoms with Crippen LogP contribution in [0.3, 0.4) is 0 Å². The third-order valence-corrected chi connectivity index (χ3v) is 3.37. The van der Waals surface area contributed by atoms with Crippen LogP contribution < -0.4 is 5.32 Å². The van der Waals surface area contributed by atoms with E-state index < -0.39 is 11.6 Å². The summed E-state index contributed by atoms with van der Waals surface area (Å²) < 4.78 is 33.3. The van der Waals surface area contributed by atoms with Crippen molar-refractivity contribution in [1.82, 2.24) is 0 Å². The van der Waals surface area contributed by atoms with Crippen LogP contribution in [0.4, 0.5) is 14.5 Å². The largest absolute Gasteiger partial charge is 0.466 e. The first-order valence-corrected chi connectivity index (χ1v) is 6.65. The Kier molecular flexibility index (Phi) is 3.94. The van der Waals surface area contributed by atoms with Crippen molar-refractivity contribution in [2.24, 2.45) is 0 Å². The van der Waals surface area contributed by atoms with Crippen molar-refractivity contribution >= 4 is 21.6 Å². The van der Waals surface area contributed by atoms with E-state index in [9.17, 15) is 8.78 Å². The number of rotatable bonds is 3. The molecule has 2 rings (SSSR count). The van der Waals surface area contributed by atoms with Gasteiger partial charge in [0.2, 0.25) is 0 Å². The van der Waals surface area contributed by atoms with Crippen LogP contribution in [-0.2, 0) is 0 Å². The van der Waals surface area contributed by atoms with Gasteiger partial charge in [-0.15, -0.1) is 0 Å². The molecule has 1 aromatic heterocycles. The number of hydrogen-bond acceptors (Lipinski definition) is 2. The minimum Gasteiger partial charge on any atom is -0.466 e. The highest BCUT2D eigenvalue weighted by molar-refractivity contribution is 9.10. The number of furan rings is 1. The van der Waals surface area contributed by atoms with Crippen LogP contribution in [-0.4, -0.2) is 0 Å². The molecule has 0 amide bonds. The molecule has 0 saturated carbocycles. The topological polar surface area (TPSA) is 25.2 Å². The summed E-state index contributed by atoms with van der Waals surface area (Å²) in [6.07, 6.45) is 0. The fourth-order valence-corrected chi connectivity index (χ4v) is 2.46. The van der Waals surface area contributed by atoms with E-state index in [4.69, 9.17) is 4.42 Å². The van der Waals surface area contributed by atoms with Gasteiger partial charge in [-0.2, -0.15) is 0 Å². The standard InChI is InChI=1S/C14H14BrF2NO/c1-7-4-11(9(3)19-7)8(2)18-14-12(16)5-10(15)6-13(14)17/h4-6,8,18H,1-3H3. The Labute approximate surface area is 118 Å². The van der Waals surface area contributed by atoms with Crippen LogP contribution in [0, 0.1) is 25.5 Å². The maximum Gasteiger partial charge on any atom is 0.150 e. The normalized spacial score (nSPS) is 12.5. The maximum atomic E-state index is 13.7. The van der Waals surface area contributed by atoms with E-state index in [1.165, 1.54) is 12.1 Å². The van der Waals surface area contributed by atoms with Gasteiger partial charge in [-0.25, -0.2) is 8.78 Å². The number of aryl methyl sites for hydroxylation is 2. The zero-order valence-corrected chi connectivity index (χ0v) is 12.4. The minimum absolute atomic E-state index is 0.131. The molecule has 0 fully saturated rings. The zero-order valence-electron chi connectivity index (χ0n) is 10.9. The summed E-state index contributed by atoms with van der Waals surface area (Å²) in [5, 5.41) is 2.85. The smallest absolute Gasteiger partial charge is 0.150 e. The van der Waals surface area contributed by atoms with Gasteiger partial charge < -0.3 is 9.73 Å². The average Bonchev–Trinajstić information content (AvgIpc) is 2.62. The highest BCUT2D eigenvalue weighted by atomic mass is 79.9. The fourth-order valence-electron chi connectivity index (χ4n) is 2.05. The van der Waals surface area contributed by atoms with Crippen molar-refractivity contribution in [2.45, 2.75) is 26.8 Å². The molecule has 0 spiro atoms. The fraction of sp³-hybridized carbons (Fsp3) is 0.286. The molecule has 0 aliphatic carbocycles. The summed E-state index contributed by atoms with van der Waals surface area (Å²) in [5.41, 5.74) is 0.758. The summed E-state index contributed by atoms with van der Waals surface area (Å²) in [6, 6.07) is 4.07. The molecule has 0 radical (unpaired) electrons. The molecular weight excluding hydrogens is 316 g/mol. The summed E-state index contributed by atoms with van der Waals surface area (Å²) in [4.78, 5) is 0. The van der Waals surface area contributed by atoms with Gasteiger partial charge in [-0.05, 0) is 39.0 Å². The lowest BCUT2D eigenvalue weighted by molar-refractivity contribution is 0.499. The van der Waals surface area contributed by atoms with Crippen LogP contribution in [0.15, 0.2) is 27.1 Å². The van der Waals surface area contributed by atoms with Gasteiger partial charge in [-0.3, -0.25) is 0 Å². The van der Waals surface area contributed by atoms with Crippen LogP contribution in [0.2, 0.25) is 0 Å². The van der Waals surface area contributed by atoms with E-state index in [1.807, 2.05) is 26.8 Å². The lowest BCUT2D eigenvalue weighted by Crippen LogP contribution is -2.10. The molecule has 0 saturated heterocycles. The number of nitrogens with one attached hydrogen (secondary N) is 1. The van der Waals surface area contributed by atoms with Gasteiger partial charge in [0.05, 0.1) is 6.04 Å². The van der Waals surface area contributed by atoms with Crippen molar-refractivity contribution in [2.75, 3.05) is 5.32 Å². The number of hydrogen-bond donors (Lipinski definition) is 1. The first-order valence-electron chi connectivity index (χ1n) is 5.86. The molecule has 5 heteroatoms. The van der Waals surface area contributed by atoms with Crippen molar-refractivity contribution in [3.05, 3.63) is 51.4 Å². The van der Waals surface area contributed by atoms with Crippen molar-refractivity contribution in [3.8, 4) is 0 Å². The summed E-state index contributed by atoms with van der Waals surface area (Å²) in [5.74, 6) is 0.265. The molecule has 1 atom stereocenters. The van der Waals surface area contributed by atoms with E-state index in [0.29, 0.717) is 4.47 Å². The second-order valence-corrected chi connectivity index (χ2v) is 5.39. The molecule has 0 aliphatic heterocycles. The molecular formula is C14H14BrF2NO. The zero-order chi connectivity index (χ0) is 14.2. The van der Waals surface area contributed by atoms with E-state index in [2.05, 4.69) is 21.2 Å². The first kappa shape index (κ1) is 14.1. The monoisotopic (exact) mass is 329 g/mol. The van der Waals surface area contributed by atoms with Gasteiger partial charge in [0.1, 0.15) is 28.8 Å². The summed E-state index contributed by atoms with van der Waals surface area (Å²) in [7, 11) is 0. The molecule has 19 heavy (non-hydrogen) atoms. The van der Waals surface area contributed by atoms with Crippen LogP contribution in [0.25, 0.3) is 0 Å².